The third-order valence-electron chi connectivity index (χ3n) is 3.98. The number of nitro groups is 2. The van der Waals surface area contributed by atoms with Crippen LogP contribution in [0.1, 0.15) is 18.4 Å². The Morgan fingerprint density at radius 1 is 1.17 bits per heavy atom. The van der Waals surface area contributed by atoms with Crippen LogP contribution in [0.25, 0.3) is 0 Å². The van der Waals surface area contributed by atoms with Gasteiger partial charge in [-0.05, 0) is 18.8 Å². The average molecular weight is 349 g/mol. The number of aliphatic hydroxyl groups is 1. The SMILES string of the molecule is O=[N+]([O-])c1cc([N+](=O)[O-])c(N2CCC(CO)CC2)c(C(F)(F)F)c1. The molecule has 8 nitrogen and oxygen atoms in total. The third kappa shape index (κ3) is 3.55. The summed E-state index contributed by atoms with van der Waals surface area (Å²) < 4.78 is 40.0. The van der Waals surface area contributed by atoms with Crippen LogP contribution >= 0.6 is 0 Å². The van der Waals surface area contributed by atoms with Crippen LogP contribution in [0.2, 0.25) is 0 Å². The highest BCUT2D eigenvalue weighted by atomic mass is 19.4. The first-order chi connectivity index (χ1) is 11.1. The number of hydrogen-bond acceptors (Lipinski definition) is 6. The minimum atomic E-state index is -4.97. The lowest BCUT2D eigenvalue weighted by molar-refractivity contribution is -0.394. The van der Waals surface area contributed by atoms with Crippen molar-refractivity contribution in [3.05, 3.63) is 37.9 Å². The van der Waals surface area contributed by atoms with Gasteiger partial charge >= 0.3 is 6.18 Å². The van der Waals surface area contributed by atoms with Gasteiger partial charge in [0.15, 0.2) is 0 Å². The molecule has 1 aliphatic rings. The highest BCUT2D eigenvalue weighted by Crippen LogP contribution is 2.45. The second-order valence-corrected chi connectivity index (χ2v) is 5.49. The molecule has 0 radical (unpaired) electrons. The lowest BCUT2D eigenvalue weighted by Crippen LogP contribution is -2.36. The number of aliphatic hydroxyl groups excluding tert-OH is 1. The Balaban J connectivity index is 2.59. The molecule has 0 aromatic heterocycles. The van der Waals surface area contributed by atoms with Crippen LogP contribution in [0, 0.1) is 26.1 Å². The Hall–Kier alpha value is -2.43. The predicted octanol–water partition coefficient (Wildman–Crippen LogP) is 2.73. The van der Waals surface area contributed by atoms with E-state index >= 15 is 0 Å². The van der Waals surface area contributed by atoms with Gasteiger partial charge in [0, 0.05) is 25.8 Å². The lowest BCUT2D eigenvalue weighted by atomic mass is 9.96. The Kier molecular flexibility index (Phi) is 4.92. The van der Waals surface area contributed by atoms with E-state index in [2.05, 4.69) is 0 Å². The van der Waals surface area contributed by atoms with E-state index in [-0.39, 0.29) is 25.6 Å². The fraction of sp³-hybridized carbons (Fsp3) is 0.538. The van der Waals surface area contributed by atoms with Crippen molar-refractivity contribution in [2.24, 2.45) is 5.92 Å². The van der Waals surface area contributed by atoms with Crippen molar-refractivity contribution in [1.29, 1.82) is 0 Å². The Bertz CT molecular complexity index is 657. The summed E-state index contributed by atoms with van der Waals surface area (Å²) in [7, 11) is 0. The predicted molar refractivity (Wildman–Crippen MR) is 76.8 cm³/mol. The van der Waals surface area contributed by atoms with Crippen LogP contribution in [0.5, 0.6) is 0 Å². The van der Waals surface area contributed by atoms with Gasteiger partial charge in [-0.15, -0.1) is 0 Å². The van der Waals surface area contributed by atoms with Crippen molar-refractivity contribution in [1.82, 2.24) is 0 Å². The smallest absolute Gasteiger partial charge is 0.396 e. The van der Waals surface area contributed by atoms with E-state index in [1.807, 2.05) is 0 Å². The van der Waals surface area contributed by atoms with Crippen molar-refractivity contribution in [3.63, 3.8) is 0 Å². The highest BCUT2D eigenvalue weighted by molar-refractivity contribution is 5.72. The molecule has 0 amide bonds. The van der Waals surface area contributed by atoms with Gasteiger partial charge in [0.25, 0.3) is 11.4 Å². The van der Waals surface area contributed by atoms with Crippen molar-refractivity contribution >= 4 is 17.1 Å². The maximum atomic E-state index is 13.3. The molecule has 1 aromatic carbocycles. The van der Waals surface area contributed by atoms with E-state index < -0.39 is 38.6 Å². The zero-order chi connectivity index (χ0) is 18.1. The number of benzene rings is 1. The molecule has 1 heterocycles. The first kappa shape index (κ1) is 17.9. The van der Waals surface area contributed by atoms with Crippen molar-refractivity contribution in [3.8, 4) is 0 Å². The summed E-state index contributed by atoms with van der Waals surface area (Å²) in [5.74, 6) is -0.0762. The number of hydrogen-bond donors (Lipinski definition) is 1. The number of piperidine rings is 1. The summed E-state index contributed by atoms with van der Waals surface area (Å²) in [6.45, 7) is 0.0717. The molecule has 11 heteroatoms. The van der Waals surface area contributed by atoms with Gasteiger partial charge in [-0.2, -0.15) is 13.2 Å². The van der Waals surface area contributed by atoms with Crippen LogP contribution in [0.3, 0.4) is 0 Å². The minimum absolute atomic E-state index is 0.0762. The maximum Gasteiger partial charge on any atom is 0.418 e. The molecule has 132 valence electrons. The summed E-state index contributed by atoms with van der Waals surface area (Å²) in [4.78, 5) is 21.1. The van der Waals surface area contributed by atoms with Crippen LogP contribution < -0.4 is 4.90 Å². The maximum absolute atomic E-state index is 13.3. The summed E-state index contributed by atoms with van der Waals surface area (Å²) in [6.07, 6.45) is -4.22. The molecule has 0 spiro atoms. The molecule has 0 saturated carbocycles. The molecule has 1 saturated heterocycles. The van der Waals surface area contributed by atoms with Gasteiger partial charge in [-0.3, -0.25) is 20.2 Å². The molecule has 24 heavy (non-hydrogen) atoms. The average Bonchev–Trinajstić information content (AvgIpc) is 2.52. The van der Waals surface area contributed by atoms with Gasteiger partial charge in [-0.25, -0.2) is 0 Å². The molecule has 1 aliphatic heterocycles. The number of halogens is 3. The first-order valence-electron chi connectivity index (χ1n) is 7.05. The molecule has 0 aliphatic carbocycles. The van der Waals surface area contributed by atoms with Gasteiger partial charge < -0.3 is 10.0 Å². The summed E-state index contributed by atoms with van der Waals surface area (Å²) >= 11 is 0. The number of non-ortho nitro benzene ring substituents is 1. The Morgan fingerprint density at radius 3 is 2.17 bits per heavy atom. The molecule has 0 bridgehead atoms. The van der Waals surface area contributed by atoms with Crippen LogP contribution in [-0.4, -0.2) is 34.6 Å². The number of nitro benzene ring substituents is 2. The minimum Gasteiger partial charge on any atom is -0.396 e. The van der Waals surface area contributed by atoms with Crippen LogP contribution in [0.15, 0.2) is 12.1 Å². The quantitative estimate of drug-likeness (QED) is 0.661. The third-order valence-corrected chi connectivity index (χ3v) is 3.98. The molecule has 0 atom stereocenters. The fourth-order valence-corrected chi connectivity index (χ4v) is 2.74. The molecule has 2 rings (SSSR count). The summed E-state index contributed by atoms with van der Waals surface area (Å²) in [5, 5.41) is 31.1. The van der Waals surface area contributed by atoms with E-state index in [4.69, 9.17) is 5.11 Å². The van der Waals surface area contributed by atoms with Crippen LogP contribution in [-0.2, 0) is 6.18 Å². The second kappa shape index (κ2) is 6.59. The highest BCUT2D eigenvalue weighted by Gasteiger charge is 2.41. The second-order valence-electron chi connectivity index (χ2n) is 5.49. The molecule has 0 unspecified atom stereocenters. The zero-order valence-electron chi connectivity index (χ0n) is 12.3. The summed E-state index contributed by atoms with van der Waals surface area (Å²) in [5.41, 5.74) is -3.98. The Morgan fingerprint density at radius 2 is 1.75 bits per heavy atom. The van der Waals surface area contributed by atoms with E-state index in [0.717, 1.165) is 0 Å². The molecule has 1 aromatic rings. The van der Waals surface area contributed by atoms with E-state index in [1.165, 1.54) is 4.90 Å². The first-order valence-corrected chi connectivity index (χ1v) is 7.05. The topological polar surface area (TPSA) is 110 Å². The molecule has 1 N–H and O–H groups in total. The molecule has 1 fully saturated rings. The van der Waals surface area contributed by atoms with Crippen LogP contribution in [0.4, 0.5) is 30.2 Å². The number of anilines is 1. The number of rotatable bonds is 4. The van der Waals surface area contributed by atoms with Gasteiger partial charge in [0.1, 0.15) is 5.69 Å². The Labute approximate surface area is 133 Å². The lowest BCUT2D eigenvalue weighted by Gasteiger charge is -2.33. The van der Waals surface area contributed by atoms with Gasteiger partial charge in [-0.1, -0.05) is 0 Å². The van der Waals surface area contributed by atoms with Crippen molar-refractivity contribution in [2.45, 2.75) is 19.0 Å². The normalized spacial score (nSPS) is 16.2. The number of nitrogens with zero attached hydrogens (tertiary/aromatic N) is 3. The zero-order valence-corrected chi connectivity index (χ0v) is 12.3. The summed E-state index contributed by atoms with van der Waals surface area (Å²) in [6, 6.07) is 0.864. The largest absolute Gasteiger partial charge is 0.418 e. The van der Waals surface area contributed by atoms with E-state index in [1.54, 1.807) is 0 Å². The van der Waals surface area contributed by atoms with Gasteiger partial charge in [0.05, 0.1) is 21.5 Å². The van der Waals surface area contributed by atoms with Gasteiger partial charge in [0.2, 0.25) is 0 Å². The van der Waals surface area contributed by atoms with E-state index in [9.17, 15) is 33.4 Å². The molecular formula is C13H14F3N3O5. The molecular weight excluding hydrogens is 335 g/mol. The fourth-order valence-electron chi connectivity index (χ4n) is 2.74. The monoisotopic (exact) mass is 349 g/mol. The number of alkyl halides is 3. The standard InChI is InChI=1S/C13H14F3N3O5/c14-13(15,16)10-5-9(18(21)22)6-11(19(23)24)12(10)17-3-1-8(7-20)2-4-17/h5-6,8,20H,1-4,7H2. The van der Waals surface area contributed by atoms with Crippen molar-refractivity contribution in [2.75, 3.05) is 24.6 Å². The van der Waals surface area contributed by atoms with Crippen molar-refractivity contribution < 1.29 is 28.1 Å². The van der Waals surface area contributed by atoms with E-state index in [0.29, 0.717) is 25.0 Å².